The van der Waals surface area contributed by atoms with E-state index in [1.165, 1.54) is 38.4 Å². The fourth-order valence-electron chi connectivity index (χ4n) is 3.39. The lowest BCUT2D eigenvalue weighted by atomic mass is 9.84. The molecule has 0 spiro atoms. The molecule has 2 aromatic rings. The van der Waals surface area contributed by atoms with Crippen LogP contribution < -0.4 is 10.1 Å². The van der Waals surface area contributed by atoms with E-state index in [0.29, 0.717) is 0 Å². The Hall–Kier alpha value is -2.87. The Morgan fingerprint density at radius 3 is 2.45 bits per heavy atom. The fourth-order valence-corrected chi connectivity index (χ4v) is 3.68. The van der Waals surface area contributed by atoms with Crippen LogP contribution in [0.2, 0.25) is 5.02 Å². The smallest absolute Gasteiger partial charge is 0.328 e. The second kappa shape index (κ2) is 10.4. The second-order valence-corrected chi connectivity index (χ2v) is 7.86. The average molecular weight is 453 g/mol. The third kappa shape index (κ3) is 5.64. The van der Waals surface area contributed by atoms with Gasteiger partial charge in [0.1, 0.15) is 18.0 Å². The first-order valence-corrected chi connectivity index (χ1v) is 10.1. The predicted molar refractivity (Wildman–Crippen MR) is 114 cm³/mol. The molecule has 1 aromatic heterocycles. The van der Waals surface area contributed by atoms with E-state index >= 15 is 0 Å². The number of benzene rings is 1. The topological polar surface area (TPSA) is 97.8 Å². The van der Waals surface area contributed by atoms with Gasteiger partial charge in [0.2, 0.25) is 0 Å². The maximum Gasteiger partial charge on any atom is 0.328 e. The quantitative estimate of drug-likeness (QED) is 0.586. The number of esters is 1. The Bertz CT molecular complexity index is 933. The number of ether oxygens (including phenoxy) is 2. The maximum absolute atomic E-state index is 14.5. The molecule has 0 saturated carbocycles. The minimum absolute atomic E-state index is 0.0746. The molecule has 31 heavy (non-hydrogen) atoms. The third-order valence-corrected chi connectivity index (χ3v) is 5.21. The molecule has 0 unspecified atom stereocenters. The number of pyridine rings is 1. The van der Waals surface area contributed by atoms with Crippen LogP contribution >= 0.6 is 11.6 Å². The van der Waals surface area contributed by atoms with E-state index in [-0.39, 0.29) is 27.9 Å². The van der Waals surface area contributed by atoms with Crippen LogP contribution in [0.4, 0.5) is 4.39 Å². The lowest BCUT2D eigenvalue weighted by molar-refractivity contribution is -0.151. The van der Waals surface area contributed by atoms with E-state index in [4.69, 9.17) is 21.1 Å². The van der Waals surface area contributed by atoms with Gasteiger partial charge in [-0.25, -0.2) is 14.2 Å². The van der Waals surface area contributed by atoms with Crippen LogP contribution in [0.25, 0.3) is 0 Å². The molecule has 0 aliphatic carbocycles. The Morgan fingerprint density at radius 2 is 1.87 bits per heavy atom. The van der Waals surface area contributed by atoms with Crippen molar-refractivity contribution >= 4 is 23.5 Å². The number of aromatic hydroxyl groups is 1. The van der Waals surface area contributed by atoms with Crippen LogP contribution in [0.5, 0.6) is 11.5 Å². The third-order valence-electron chi connectivity index (χ3n) is 4.88. The number of carbonyl (C=O) groups is 2. The molecule has 0 saturated heterocycles. The number of hydrogen-bond acceptors (Lipinski definition) is 6. The lowest BCUT2D eigenvalue weighted by Crippen LogP contribution is -2.42. The van der Waals surface area contributed by atoms with E-state index in [0.717, 1.165) is 0 Å². The van der Waals surface area contributed by atoms with Crippen molar-refractivity contribution in [3.63, 3.8) is 0 Å². The number of rotatable bonds is 8. The van der Waals surface area contributed by atoms with Crippen molar-refractivity contribution < 1.29 is 28.6 Å². The molecule has 2 rings (SSSR count). The molecule has 0 radical (unpaired) electrons. The van der Waals surface area contributed by atoms with Crippen molar-refractivity contribution in [2.75, 3.05) is 7.11 Å². The van der Waals surface area contributed by atoms with Gasteiger partial charge in [-0.3, -0.25) is 4.79 Å². The first-order valence-electron chi connectivity index (χ1n) is 9.75. The van der Waals surface area contributed by atoms with E-state index in [1.807, 2.05) is 13.8 Å². The zero-order chi connectivity index (χ0) is 23.3. The summed E-state index contributed by atoms with van der Waals surface area (Å²) >= 11 is 6.21. The van der Waals surface area contributed by atoms with Gasteiger partial charge < -0.3 is 19.9 Å². The lowest BCUT2D eigenvalue weighted by Gasteiger charge is -2.29. The monoisotopic (exact) mass is 452 g/mol. The van der Waals surface area contributed by atoms with Crippen LogP contribution in [-0.4, -0.2) is 41.2 Å². The van der Waals surface area contributed by atoms with Crippen LogP contribution in [0.3, 0.4) is 0 Å². The normalized spacial score (nSPS) is 13.9. The molecule has 168 valence electrons. The van der Waals surface area contributed by atoms with Gasteiger partial charge in [0.25, 0.3) is 5.91 Å². The van der Waals surface area contributed by atoms with Crippen LogP contribution in [-0.2, 0) is 9.53 Å². The van der Waals surface area contributed by atoms with Gasteiger partial charge in [-0.05, 0) is 31.9 Å². The fraction of sp³-hybridized carbons (Fsp3) is 0.409. The number of aromatic nitrogens is 1. The molecule has 1 aromatic carbocycles. The standard InChI is InChI=1S/C22H26ClFN2O5/c1-11(2)17(18-14(23)7-6-8-15(18)24)13(4)31-22(29)12(3)26-21(28)19-20(27)16(30-5)9-10-25-19/h6-13,17,27H,1-5H3,(H,26,28)/t12-,13-,17+/m0/s1. The van der Waals surface area contributed by atoms with Gasteiger partial charge in [0.05, 0.1) is 7.11 Å². The van der Waals surface area contributed by atoms with Crippen molar-refractivity contribution in [1.82, 2.24) is 10.3 Å². The predicted octanol–water partition coefficient (Wildman–Crippen LogP) is 4.08. The van der Waals surface area contributed by atoms with Crippen molar-refractivity contribution in [2.45, 2.75) is 45.8 Å². The summed E-state index contributed by atoms with van der Waals surface area (Å²) in [6, 6.07) is 4.74. The highest BCUT2D eigenvalue weighted by Gasteiger charge is 2.32. The molecule has 0 fully saturated rings. The molecule has 0 aliphatic rings. The summed E-state index contributed by atoms with van der Waals surface area (Å²) < 4.78 is 24.9. The SMILES string of the molecule is COc1ccnc(C(=O)N[C@@H](C)C(=O)O[C@@H](C)[C@H](c2c(F)cccc2Cl)C(C)C)c1O. The minimum Gasteiger partial charge on any atom is -0.503 e. The molecule has 0 bridgehead atoms. The molecule has 1 heterocycles. The maximum atomic E-state index is 14.5. The number of nitrogens with zero attached hydrogens (tertiary/aromatic N) is 1. The molecule has 9 heteroatoms. The minimum atomic E-state index is -1.05. The Morgan fingerprint density at radius 1 is 1.19 bits per heavy atom. The molecule has 7 nitrogen and oxygen atoms in total. The van der Waals surface area contributed by atoms with Crippen LogP contribution in [0, 0.1) is 11.7 Å². The molecule has 0 aliphatic heterocycles. The molecular formula is C22H26ClFN2O5. The van der Waals surface area contributed by atoms with E-state index in [1.54, 1.807) is 13.0 Å². The second-order valence-electron chi connectivity index (χ2n) is 7.45. The number of hydrogen-bond donors (Lipinski definition) is 2. The first-order chi connectivity index (χ1) is 14.6. The van der Waals surface area contributed by atoms with Gasteiger partial charge in [0, 0.05) is 28.8 Å². The van der Waals surface area contributed by atoms with Gasteiger partial charge in [-0.1, -0.05) is 31.5 Å². The summed E-state index contributed by atoms with van der Waals surface area (Å²) in [5.74, 6) is -2.91. The molecule has 1 amide bonds. The summed E-state index contributed by atoms with van der Waals surface area (Å²) in [4.78, 5) is 28.8. The summed E-state index contributed by atoms with van der Waals surface area (Å²) in [7, 11) is 1.34. The van der Waals surface area contributed by atoms with Gasteiger partial charge >= 0.3 is 5.97 Å². The molecular weight excluding hydrogens is 427 g/mol. The number of carbonyl (C=O) groups excluding carboxylic acids is 2. The molecule has 3 atom stereocenters. The van der Waals surface area contributed by atoms with E-state index in [9.17, 15) is 19.1 Å². The van der Waals surface area contributed by atoms with Crippen molar-refractivity contribution in [2.24, 2.45) is 5.92 Å². The number of nitrogens with one attached hydrogen (secondary N) is 1. The van der Waals surface area contributed by atoms with Crippen molar-refractivity contribution in [1.29, 1.82) is 0 Å². The highest BCUT2D eigenvalue weighted by molar-refractivity contribution is 6.31. The Labute approximate surface area is 185 Å². The number of methoxy groups -OCH3 is 1. The van der Waals surface area contributed by atoms with Crippen molar-refractivity contribution in [3.8, 4) is 11.5 Å². The largest absolute Gasteiger partial charge is 0.503 e. The van der Waals surface area contributed by atoms with E-state index in [2.05, 4.69) is 10.3 Å². The summed E-state index contributed by atoms with van der Waals surface area (Å²) in [5, 5.41) is 12.7. The average Bonchev–Trinajstić information content (AvgIpc) is 2.70. The van der Waals surface area contributed by atoms with Gasteiger partial charge in [-0.15, -0.1) is 0 Å². The van der Waals surface area contributed by atoms with Gasteiger partial charge in [-0.2, -0.15) is 0 Å². The van der Waals surface area contributed by atoms with Crippen LogP contribution in [0.15, 0.2) is 30.5 Å². The van der Waals surface area contributed by atoms with E-state index < -0.39 is 41.5 Å². The number of halogens is 2. The zero-order valence-corrected chi connectivity index (χ0v) is 18.7. The zero-order valence-electron chi connectivity index (χ0n) is 18.0. The Balaban J connectivity index is 2.13. The Kier molecular flexibility index (Phi) is 8.21. The van der Waals surface area contributed by atoms with Gasteiger partial charge in [0.15, 0.2) is 17.2 Å². The molecule has 2 N–H and O–H groups in total. The summed E-state index contributed by atoms with van der Waals surface area (Å²) in [5.41, 5.74) is -0.00750. The highest BCUT2D eigenvalue weighted by Crippen LogP contribution is 2.36. The first kappa shape index (κ1) is 24.4. The summed E-state index contributed by atoms with van der Waals surface area (Å²) in [6.45, 7) is 6.83. The highest BCUT2D eigenvalue weighted by atomic mass is 35.5. The summed E-state index contributed by atoms with van der Waals surface area (Å²) in [6.07, 6.45) is 0.578. The van der Waals surface area contributed by atoms with Crippen molar-refractivity contribution in [3.05, 3.63) is 52.6 Å². The van der Waals surface area contributed by atoms with Crippen LogP contribution in [0.1, 0.15) is 49.7 Å². The number of amides is 1.